The van der Waals surface area contributed by atoms with E-state index in [1.54, 1.807) is 6.08 Å². The fraction of sp³-hybridized carbons (Fsp3) is 0.516. The second kappa shape index (κ2) is 13.6. The largest absolute Gasteiger partial charge is 0.489 e. The van der Waals surface area contributed by atoms with Crippen molar-refractivity contribution < 1.29 is 14.3 Å². The first kappa shape index (κ1) is 26.4. The number of likely N-dealkylation sites (N-methyl/N-ethyl adjacent to an activating group) is 1. The molecule has 1 amide bonds. The van der Waals surface area contributed by atoms with Crippen molar-refractivity contribution in [2.75, 3.05) is 39.5 Å². The summed E-state index contributed by atoms with van der Waals surface area (Å²) in [5.74, 6) is 1.87. The van der Waals surface area contributed by atoms with E-state index >= 15 is 0 Å². The van der Waals surface area contributed by atoms with Crippen LogP contribution in [-0.4, -0.2) is 61.2 Å². The number of piperidine rings is 1. The Kier molecular flexibility index (Phi) is 10.00. The van der Waals surface area contributed by atoms with Crippen LogP contribution in [0, 0.1) is 11.8 Å². The molecule has 0 saturated carbocycles. The van der Waals surface area contributed by atoms with Gasteiger partial charge in [0.25, 0.3) is 0 Å². The normalized spacial score (nSPS) is 18.5. The van der Waals surface area contributed by atoms with Gasteiger partial charge < -0.3 is 14.4 Å². The molecule has 2 aromatic carbocycles. The maximum absolute atomic E-state index is 13.7. The molecule has 0 aliphatic carbocycles. The SMILES string of the molecule is C=CCOc1ccccc1CN1CCC(C(Cc2ccccc2)N(CC)C(=O)C2CCOCC2)CC1. The summed E-state index contributed by atoms with van der Waals surface area (Å²) in [6.45, 7) is 11.6. The lowest BCUT2D eigenvalue weighted by atomic mass is 9.83. The molecule has 0 aromatic heterocycles. The number of hydrogen-bond donors (Lipinski definition) is 0. The molecule has 0 N–H and O–H groups in total. The van der Waals surface area contributed by atoms with Crippen molar-refractivity contribution in [3.8, 4) is 5.75 Å². The van der Waals surface area contributed by atoms with Crippen LogP contribution in [0.4, 0.5) is 0 Å². The molecule has 1 atom stereocenters. The molecule has 2 fully saturated rings. The van der Waals surface area contributed by atoms with E-state index in [4.69, 9.17) is 9.47 Å². The molecule has 0 spiro atoms. The fourth-order valence-electron chi connectivity index (χ4n) is 5.78. The van der Waals surface area contributed by atoms with Gasteiger partial charge in [-0.1, -0.05) is 61.2 Å². The number of nitrogens with zero attached hydrogens (tertiary/aromatic N) is 2. The summed E-state index contributed by atoms with van der Waals surface area (Å²) in [6, 6.07) is 19.2. The van der Waals surface area contributed by atoms with Gasteiger partial charge in [-0.3, -0.25) is 9.69 Å². The van der Waals surface area contributed by atoms with Crippen LogP contribution < -0.4 is 4.74 Å². The first-order chi connectivity index (χ1) is 17.7. The summed E-state index contributed by atoms with van der Waals surface area (Å²) in [5.41, 5.74) is 2.54. The van der Waals surface area contributed by atoms with Crippen LogP contribution in [0.15, 0.2) is 67.3 Å². The van der Waals surface area contributed by atoms with Crippen LogP contribution in [0.1, 0.15) is 43.7 Å². The minimum Gasteiger partial charge on any atom is -0.489 e. The molecule has 2 heterocycles. The van der Waals surface area contributed by atoms with E-state index in [2.05, 4.69) is 65.8 Å². The van der Waals surface area contributed by atoms with Crippen LogP contribution in [0.25, 0.3) is 0 Å². The number of carbonyl (C=O) groups is 1. The van der Waals surface area contributed by atoms with Gasteiger partial charge in [-0.25, -0.2) is 0 Å². The predicted octanol–water partition coefficient (Wildman–Crippen LogP) is 5.35. The van der Waals surface area contributed by atoms with E-state index in [9.17, 15) is 4.79 Å². The van der Waals surface area contributed by atoms with Crippen LogP contribution in [-0.2, 0) is 22.5 Å². The average molecular weight is 491 g/mol. The highest BCUT2D eigenvalue weighted by atomic mass is 16.5. The van der Waals surface area contributed by atoms with Crippen molar-refractivity contribution in [3.63, 3.8) is 0 Å². The first-order valence-corrected chi connectivity index (χ1v) is 13.7. The van der Waals surface area contributed by atoms with Crippen LogP contribution in [0.2, 0.25) is 0 Å². The van der Waals surface area contributed by atoms with Crippen LogP contribution in [0.5, 0.6) is 5.75 Å². The average Bonchev–Trinajstić information content (AvgIpc) is 2.94. The second-order valence-electron chi connectivity index (χ2n) is 10.1. The van der Waals surface area contributed by atoms with Gasteiger partial charge in [0.1, 0.15) is 12.4 Å². The van der Waals surface area contributed by atoms with Crippen molar-refractivity contribution in [1.82, 2.24) is 9.80 Å². The molecule has 0 radical (unpaired) electrons. The monoisotopic (exact) mass is 490 g/mol. The second-order valence-corrected chi connectivity index (χ2v) is 10.1. The Bertz CT molecular complexity index is 949. The van der Waals surface area contributed by atoms with E-state index < -0.39 is 0 Å². The number of hydrogen-bond acceptors (Lipinski definition) is 4. The minimum absolute atomic E-state index is 0.101. The summed E-state index contributed by atoms with van der Waals surface area (Å²) < 4.78 is 11.4. The van der Waals surface area contributed by atoms with Crippen LogP contribution in [0.3, 0.4) is 0 Å². The highest BCUT2D eigenvalue weighted by molar-refractivity contribution is 5.79. The maximum atomic E-state index is 13.7. The number of para-hydroxylation sites is 1. The first-order valence-electron chi connectivity index (χ1n) is 13.7. The van der Waals surface area contributed by atoms with Gasteiger partial charge >= 0.3 is 0 Å². The molecule has 5 nitrogen and oxygen atoms in total. The molecular formula is C31H42N2O3. The van der Waals surface area contributed by atoms with E-state index in [-0.39, 0.29) is 12.0 Å². The van der Waals surface area contributed by atoms with Gasteiger partial charge in [0.15, 0.2) is 0 Å². The van der Waals surface area contributed by atoms with Gasteiger partial charge in [0, 0.05) is 43.8 Å². The van der Waals surface area contributed by atoms with Gasteiger partial charge in [-0.05, 0) is 69.7 Å². The lowest BCUT2D eigenvalue weighted by Crippen LogP contribution is -2.51. The van der Waals surface area contributed by atoms with Gasteiger partial charge in [-0.15, -0.1) is 0 Å². The Labute approximate surface area is 217 Å². The Morgan fingerprint density at radius 3 is 2.47 bits per heavy atom. The smallest absolute Gasteiger partial charge is 0.226 e. The molecule has 1 unspecified atom stereocenters. The van der Waals surface area contributed by atoms with Crippen molar-refractivity contribution in [2.24, 2.45) is 11.8 Å². The third-order valence-corrected chi connectivity index (χ3v) is 7.78. The van der Waals surface area contributed by atoms with E-state index in [1.807, 2.05) is 12.1 Å². The van der Waals surface area contributed by atoms with Gasteiger partial charge in [-0.2, -0.15) is 0 Å². The van der Waals surface area contributed by atoms with Crippen LogP contribution >= 0.6 is 0 Å². The number of carbonyl (C=O) groups excluding carboxylic acids is 1. The third-order valence-electron chi connectivity index (χ3n) is 7.78. The zero-order valence-electron chi connectivity index (χ0n) is 21.8. The lowest BCUT2D eigenvalue weighted by molar-refractivity contribution is -0.142. The molecule has 2 aliphatic rings. The molecule has 36 heavy (non-hydrogen) atoms. The molecule has 4 rings (SSSR count). The predicted molar refractivity (Wildman–Crippen MR) is 145 cm³/mol. The summed E-state index contributed by atoms with van der Waals surface area (Å²) in [4.78, 5) is 18.4. The topological polar surface area (TPSA) is 42.0 Å². The fourth-order valence-corrected chi connectivity index (χ4v) is 5.78. The minimum atomic E-state index is 0.101. The van der Waals surface area contributed by atoms with Gasteiger partial charge in [0.2, 0.25) is 5.91 Å². The number of benzene rings is 2. The quantitative estimate of drug-likeness (QED) is 0.398. The molecule has 2 aliphatic heterocycles. The van der Waals surface area contributed by atoms with Crippen molar-refractivity contribution >= 4 is 5.91 Å². The summed E-state index contributed by atoms with van der Waals surface area (Å²) in [5, 5.41) is 0. The molecular weight excluding hydrogens is 448 g/mol. The lowest BCUT2D eigenvalue weighted by Gasteiger charge is -2.42. The number of amides is 1. The summed E-state index contributed by atoms with van der Waals surface area (Å²) in [6.07, 6.45) is 6.61. The number of likely N-dealkylation sites (tertiary alicyclic amines) is 1. The Hall–Kier alpha value is -2.63. The number of ether oxygens (including phenoxy) is 2. The Morgan fingerprint density at radius 2 is 1.78 bits per heavy atom. The van der Waals surface area contributed by atoms with Crippen molar-refractivity contribution in [2.45, 2.75) is 51.6 Å². The van der Waals surface area contributed by atoms with E-state index in [0.29, 0.717) is 31.6 Å². The Balaban J connectivity index is 1.44. The zero-order valence-corrected chi connectivity index (χ0v) is 21.8. The summed E-state index contributed by atoms with van der Waals surface area (Å²) in [7, 11) is 0. The molecule has 194 valence electrons. The number of rotatable bonds is 11. The third kappa shape index (κ3) is 6.98. The molecule has 2 saturated heterocycles. The standard InChI is InChI=1S/C31H42N2O3/c1-3-20-36-30-13-9-8-12-28(30)24-32-18-14-26(15-19-32)29(23-25-10-6-5-7-11-25)33(4-2)31(34)27-16-21-35-22-17-27/h3,5-13,26-27,29H,1,4,14-24H2,2H3. The molecule has 5 heteroatoms. The molecule has 2 aromatic rings. The van der Waals surface area contributed by atoms with Gasteiger partial charge in [0.05, 0.1) is 0 Å². The highest BCUT2D eigenvalue weighted by Crippen LogP contribution is 2.31. The summed E-state index contributed by atoms with van der Waals surface area (Å²) >= 11 is 0. The maximum Gasteiger partial charge on any atom is 0.226 e. The van der Waals surface area contributed by atoms with Crippen molar-refractivity contribution in [3.05, 3.63) is 78.4 Å². The highest BCUT2D eigenvalue weighted by Gasteiger charge is 2.35. The van der Waals surface area contributed by atoms with E-state index in [0.717, 1.165) is 64.0 Å². The Morgan fingerprint density at radius 1 is 1.08 bits per heavy atom. The zero-order chi connectivity index (χ0) is 25.2. The molecule has 0 bridgehead atoms. The van der Waals surface area contributed by atoms with Crippen molar-refractivity contribution in [1.29, 1.82) is 0 Å². The van der Waals surface area contributed by atoms with E-state index in [1.165, 1.54) is 11.1 Å².